The lowest BCUT2D eigenvalue weighted by molar-refractivity contribution is -0.146. The molecule has 14 heteroatoms. The molecule has 6 rings (SSSR count). The average Bonchev–Trinajstić information content (AvgIpc) is 3.85. The van der Waals surface area contributed by atoms with Gasteiger partial charge in [0.25, 0.3) is 0 Å². The Hall–Kier alpha value is -3.78. The summed E-state index contributed by atoms with van der Waals surface area (Å²) in [4.78, 5) is 80.7. The van der Waals surface area contributed by atoms with Crippen LogP contribution in [0.4, 0.5) is 9.59 Å². The van der Waals surface area contributed by atoms with Gasteiger partial charge in [0.05, 0.1) is 49.0 Å². The van der Waals surface area contributed by atoms with Crippen molar-refractivity contribution in [2.75, 3.05) is 26.2 Å². The summed E-state index contributed by atoms with van der Waals surface area (Å²) in [5.74, 6) is -3.51. The van der Waals surface area contributed by atoms with Gasteiger partial charge in [-0.25, -0.2) is 9.59 Å². The number of carbonyl (C=O) groups is 6. The van der Waals surface area contributed by atoms with E-state index in [0.717, 1.165) is 25.7 Å². The Morgan fingerprint density at radius 1 is 0.640 bits per heavy atom. The molecule has 4 saturated heterocycles. The largest absolute Gasteiger partial charge is 0.444 e. The standard InChI is InChI=1S/C36H50N4O10/c1-33(2,3)49-31(45)37-19-35-15-13-21(47-35)23-25(35)29(43)39(27(23)41)17-11-9-7-8-10-12-18-40-28(42)24-22-14-16-36(48-22,26(24)30(40)44)20-38-32(46)50-34(4,5)6/h13-16,21-26H,7-12,17-20H2,1-6H3,(H,37,45)(H,38,46). The maximum Gasteiger partial charge on any atom is 0.407 e. The Bertz CT molecular complexity index is 1390. The number of nitrogens with zero attached hydrogens (tertiary/aromatic N) is 2. The summed E-state index contributed by atoms with van der Waals surface area (Å²) in [5.41, 5.74) is -3.47. The highest BCUT2D eigenvalue weighted by molar-refractivity contribution is 6.08. The molecule has 0 aromatic carbocycles. The van der Waals surface area contributed by atoms with E-state index < -0.39 is 70.5 Å². The van der Waals surface area contributed by atoms with Crippen molar-refractivity contribution in [3.05, 3.63) is 24.3 Å². The molecular weight excluding hydrogens is 648 g/mol. The van der Waals surface area contributed by atoms with Crippen LogP contribution in [0.5, 0.6) is 0 Å². The van der Waals surface area contributed by atoms with Crippen LogP contribution in [-0.4, -0.2) is 106 Å². The fourth-order valence-electron chi connectivity index (χ4n) is 8.27. The summed E-state index contributed by atoms with van der Waals surface area (Å²) in [6.07, 6.45) is 9.72. The van der Waals surface area contributed by atoms with Gasteiger partial charge >= 0.3 is 12.2 Å². The molecule has 50 heavy (non-hydrogen) atoms. The normalized spacial score (nSPS) is 33.5. The van der Waals surface area contributed by atoms with E-state index in [2.05, 4.69) is 10.6 Å². The minimum absolute atomic E-state index is 0.0380. The molecule has 6 amide bonds. The highest BCUT2D eigenvalue weighted by atomic mass is 16.6. The fourth-order valence-corrected chi connectivity index (χ4v) is 8.27. The number of hydrogen-bond donors (Lipinski definition) is 2. The van der Waals surface area contributed by atoms with Crippen LogP contribution in [0.2, 0.25) is 0 Å². The maximum absolute atomic E-state index is 13.5. The van der Waals surface area contributed by atoms with Crippen molar-refractivity contribution in [3.63, 3.8) is 0 Å². The Kier molecular flexibility index (Phi) is 9.42. The molecule has 8 unspecified atom stereocenters. The molecule has 0 aromatic heterocycles. The van der Waals surface area contributed by atoms with Crippen LogP contribution < -0.4 is 10.6 Å². The second-order valence-electron chi connectivity index (χ2n) is 16.3. The summed E-state index contributed by atoms with van der Waals surface area (Å²) in [5, 5.41) is 5.42. The molecule has 274 valence electrons. The summed E-state index contributed by atoms with van der Waals surface area (Å²) in [7, 11) is 0. The molecule has 4 fully saturated rings. The first kappa shape index (κ1) is 36.0. The zero-order valence-corrected chi connectivity index (χ0v) is 29.8. The van der Waals surface area contributed by atoms with Crippen molar-refractivity contribution in [1.29, 1.82) is 0 Å². The summed E-state index contributed by atoms with van der Waals surface area (Å²) in [6, 6.07) is 0. The van der Waals surface area contributed by atoms with Gasteiger partial charge in [-0.1, -0.05) is 50.0 Å². The van der Waals surface area contributed by atoms with Crippen LogP contribution in [0.3, 0.4) is 0 Å². The molecule has 0 radical (unpaired) electrons. The number of nitrogens with one attached hydrogen (secondary N) is 2. The third-order valence-corrected chi connectivity index (χ3v) is 10.3. The number of alkyl carbamates (subject to hydrolysis) is 2. The molecule has 14 nitrogen and oxygen atoms in total. The molecule has 0 aromatic rings. The van der Waals surface area contributed by atoms with Gasteiger partial charge in [0.15, 0.2) is 0 Å². The van der Waals surface area contributed by atoms with Gasteiger partial charge in [0.1, 0.15) is 22.4 Å². The minimum Gasteiger partial charge on any atom is -0.444 e. The number of unbranched alkanes of at least 4 members (excludes halogenated alkanes) is 5. The molecule has 4 bridgehead atoms. The quantitative estimate of drug-likeness (QED) is 0.166. The first-order valence-corrected chi connectivity index (χ1v) is 17.8. The van der Waals surface area contributed by atoms with Crippen molar-refractivity contribution in [1.82, 2.24) is 20.4 Å². The number of hydrogen-bond acceptors (Lipinski definition) is 10. The van der Waals surface area contributed by atoms with Crippen LogP contribution in [0.1, 0.15) is 80.1 Å². The lowest BCUT2D eigenvalue weighted by Crippen LogP contribution is -2.49. The monoisotopic (exact) mass is 698 g/mol. The van der Waals surface area contributed by atoms with Gasteiger partial charge in [0.2, 0.25) is 23.6 Å². The van der Waals surface area contributed by atoms with E-state index in [-0.39, 0.29) is 36.7 Å². The third-order valence-electron chi connectivity index (χ3n) is 10.3. The number of imide groups is 2. The first-order valence-electron chi connectivity index (χ1n) is 17.8. The highest BCUT2D eigenvalue weighted by Crippen LogP contribution is 2.52. The van der Waals surface area contributed by atoms with E-state index in [1.54, 1.807) is 65.8 Å². The lowest BCUT2D eigenvalue weighted by atomic mass is 9.77. The first-order chi connectivity index (χ1) is 23.5. The van der Waals surface area contributed by atoms with E-state index in [4.69, 9.17) is 18.9 Å². The van der Waals surface area contributed by atoms with E-state index in [1.807, 2.05) is 0 Å². The van der Waals surface area contributed by atoms with Crippen LogP contribution in [-0.2, 0) is 38.1 Å². The second kappa shape index (κ2) is 13.1. The van der Waals surface area contributed by atoms with Gasteiger partial charge in [-0.15, -0.1) is 0 Å². The van der Waals surface area contributed by atoms with Gasteiger partial charge in [-0.3, -0.25) is 29.0 Å². The predicted molar refractivity (Wildman–Crippen MR) is 177 cm³/mol. The second-order valence-corrected chi connectivity index (χ2v) is 16.3. The topological polar surface area (TPSA) is 170 Å². The maximum atomic E-state index is 13.5. The van der Waals surface area contributed by atoms with Crippen LogP contribution in [0.25, 0.3) is 0 Å². The number of rotatable bonds is 13. The Balaban J connectivity index is 0.906. The van der Waals surface area contributed by atoms with E-state index in [0.29, 0.717) is 25.9 Å². The Morgan fingerprint density at radius 3 is 1.36 bits per heavy atom. The van der Waals surface area contributed by atoms with Crippen LogP contribution in [0, 0.1) is 23.7 Å². The smallest absolute Gasteiger partial charge is 0.407 e. The zero-order chi connectivity index (χ0) is 36.2. The number of ether oxygens (including phenoxy) is 4. The van der Waals surface area contributed by atoms with Gasteiger partial charge in [-0.2, -0.15) is 0 Å². The van der Waals surface area contributed by atoms with Crippen LogP contribution >= 0.6 is 0 Å². The zero-order valence-electron chi connectivity index (χ0n) is 29.8. The van der Waals surface area contributed by atoms with E-state index >= 15 is 0 Å². The molecule has 6 heterocycles. The molecule has 6 aliphatic rings. The number of amides is 6. The third kappa shape index (κ3) is 6.68. The van der Waals surface area contributed by atoms with Gasteiger partial charge in [0, 0.05) is 13.1 Å². The van der Waals surface area contributed by atoms with Crippen LogP contribution in [0.15, 0.2) is 24.3 Å². The Morgan fingerprint density at radius 2 is 1.00 bits per heavy atom. The average molecular weight is 699 g/mol. The summed E-state index contributed by atoms with van der Waals surface area (Å²) < 4.78 is 22.8. The fraction of sp³-hybridized carbons (Fsp3) is 0.722. The molecule has 6 aliphatic heterocycles. The molecule has 8 atom stereocenters. The molecule has 2 N–H and O–H groups in total. The minimum atomic E-state index is -1.06. The highest BCUT2D eigenvalue weighted by Gasteiger charge is 2.68. The lowest BCUT2D eigenvalue weighted by Gasteiger charge is -2.29. The molecule has 0 saturated carbocycles. The van der Waals surface area contributed by atoms with Crippen molar-refractivity contribution in [2.45, 2.75) is 115 Å². The van der Waals surface area contributed by atoms with Crippen molar-refractivity contribution >= 4 is 35.8 Å². The number of fused-ring (bicyclic) bond motifs is 10. The van der Waals surface area contributed by atoms with E-state index in [9.17, 15) is 28.8 Å². The van der Waals surface area contributed by atoms with Crippen molar-refractivity contribution in [3.8, 4) is 0 Å². The van der Waals surface area contributed by atoms with Gasteiger partial charge in [-0.05, 0) is 54.4 Å². The van der Waals surface area contributed by atoms with E-state index in [1.165, 1.54) is 9.80 Å². The number of carbonyl (C=O) groups excluding carboxylic acids is 6. The van der Waals surface area contributed by atoms with Gasteiger partial charge < -0.3 is 29.6 Å². The molecular formula is C36H50N4O10. The summed E-state index contributed by atoms with van der Waals surface area (Å²) in [6.45, 7) is 11.3. The molecule has 0 spiro atoms. The predicted octanol–water partition coefficient (Wildman–Crippen LogP) is 2.99. The number of likely N-dealkylation sites (tertiary alicyclic amines) is 2. The SMILES string of the molecule is CC(C)(C)OC(=O)NCC12C=CC(O1)C1C(=O)N(CCCCCCCCN3C(=O)C4C5C=CC(CNC(=O)OC(C)(C)C)(O5)C4C3=O)C(=O)C12. The Labute approximate surface area is 292 Å². The van der Waals surface area contributed by atoms with Crippen molar-refractivity contribution < 1.29 is 47.7 Å². The van der Waals surface area contributed by atoms with Crippen molar-refractivity contribution in [2.24, 2.45) is 23.7 Å². The molecule has 0 aliphatic carbocycles. The summed E-state index contributed by atoms with van der Waals surface area (Å²) >= 11 is 0.